The third-order valence-electron chi connectivity index (χ3n) is 5.41. The molecule has 1 unspecified atom stereocenters. The summed E-state index contributed by atoms with van der Waals surface area (Å²) in [6.45, 7) is 3.36. The maximum absolute atomic E-state index is 12.7. The molecule has 0 saturated carbocycles. The first-order chi connectivity index (χ1) is 12.2. The molecule has 0 bridgehead atoms. The lowest BCUT2D eigenvalue weighted by Crippen LogP contribution is -2.45. The Morgan fingerprint density at radius 2 is 1.96 bits per heavy atom. The van der Waals surface area contributed by atoms with Crippen LogP contribution >= 0.6 is 0 Å². The van der Waals surface area contributed by atoms with Gasteiger partial charge in [-0.2, -0.15) is 5.10 Å². The van der Waals surface area contributed by atoms with Crippen molar-refractivity contribution >= 4 is 5.91 Å². The molecule has 3 aliphatic rings. The van der Waals surface area contributed by atoms with Gasteiger partial charge in [-0.25, -0.2) is 9.48 Å². The number of likely N-dealkylation sites (tertiary alicyclic amines) is 1. The predicted octanol–water partition coefficient (Wildman–Crippen LogP) is 0.383. The summed E-state index contributed by atoms with van der Waals surface area (Å²) >= 11 is 0. The molecule has 4 rings (SSSR count). The van der Waals surface area contributed by atoms with Crippen LogP contribution in [0.15, 0.2) is 4.79 Å². The molecular formula is C17H26N4O4. The van der Waals surface area contributed by atoms with Gasteiger partial charge in [-0.05, 0) is 25.7 Å². The van der Waals surface area contributed by atoms with E-state index in [1.807, 2.05) is 4.90 Å². The third-order valence-corrected chi connectivity index (χ3v) is 5.41. The first-order valence-electron chi connectivity index (χ1n) is 9.40. The molecule has 0 aliphatic carbocycles. The Morgan fingerprint density at radius 3 is 2.80 bits per heavy atom. The molecule has 8 heteroatoms. The summed E-state index contributed by atoms with van der Waals surface area (Å²) in [6.07, 6.45) is 5.76. The number of ether oxygens (including phenoxy) is 2. The number of aromatic nitrogens is 3. The van der Waals surface area contributed by atoms with Crippen molar-refractivity contribution in [3.8, 4) is 0 Å². The second-order valence-electron chi connectivity index (χ2n) is 7.17. The summed E-state index contributed by atoms with van der Waals surface area (Å²) in [4.78, 5) is 27.0. The predicted molar refractivity (Wildman–Crippen MR) is 89.0 cm³/mol. The van der Waals surface area contributed by atoms with Crippen LogP contribution < -0.4 is 5.69 Å². The van der Waals surface area contributed by atoms with Crippen LogP contribution in [0.3, 0.4) is 0 Å². The summed E-state index contributed by atoms with van der Waals surface area (Å²) in [7, 11) is 0. The number of carbonyl (C=O) groups is 1. The Kier molecular flexibility index (Phi) is 4.89. The third kappa shape index (κ3) is 3.50. The van der Waals surface area contributed by atoms with Gasteiger partial charge in [-0.3, -0.25) is 9.36 Å². The molecule has 0 N–H and O–H groups in total. The van der Waals surface area contributed by atoms with Crippen molar-refractivity contribution in [2.24, 2.45) is 5.92 Å². The second-order valence-corrected chi connectivity index (χ2v) is 7.17. The van der Waals surface area contributed by atoms with Gasteiger partial charge in [-0.1, -0.05) is 6.42 Å². The van der Waals surface area contributed by atoms with Crippen LogP contribution in [0.1, 0.15) is 37.9 Å². The highest BCUT2D eigenvalue weighted by Gasteiger charge is 2.33. The molecule has 2 fully saturated rings. The van der Waals surface area contributed by atoms with E-state index in [1.165, 1.54) is 4.68 Å². The lowest BCUT2D eigenvalue weighted by Gasteiger charge is -2.34. The Hall–Kier alpha value is -1.67. The van der Waals surface area contributed by atoms with E-state index in [0.717, 1.165) is 50.9 Å². The van der Waals surface area contributed by atoms with E-state index < -0.39 is 0 Å². The number of nitrogens with zero attached hydrogens (tertiary/aromatic N) is 4. The molecule has 4 heterocycles. The number of carbonyl (C=O) groups excluding carboxylic acids is 1. The maximum atomic E-state index is 12.7. The van der Waals surface area contributed by atoms with Gasteiger partial charge in [0.05, 0.1) is 13.2 Å². The zero-order valence-corrected chi connectivity index (χ0v) is 14.6. The molecular weight excluding hydrogens is 324 g/mol. The topological polar surface area (TPSA) is 78.6 Å². The van der Waals surface area contributed by atoms with Crippen molar-refractivity contribution in [1.82, 2.24) is 19.2 Å². The van der Waals surface area contributed by atoms with Gasteiger partial charge >= 0.3 is 5.69 Å². The fourth-order valence-corrected chi connectivity index (χ4v) is 4.06. The SMILES string of the molecule is O=C(Cn1nc2n(c1=O)CCCCC2)N1CCCC(C2OCCO2)C1. The standard InChI is InChI=1S/C17H26N4O4/c22-15(19-7-4-5-13(11-19)16-24-9-10-25-16)12-21-17(23)20-8-3-1-2-6-14(20)18-21/h13,16H,1-12H2. The van der Waals surface area contributed by atoms with E-state index in [4.69, 9.17) is 9.47 Å². The van der Waals surface area contributed by atoms with Crippen LogP contribution in [0.2, 0.25) is 0 Å². The van der Waals surface area contributed by atoms with Crippen LogP contribution in [0, 0.1) is 5.92 Å². The average molecular weight is 350 g/mol. The van der Waals surface area contributed by atoms with Crippen LogP contribution in [-0.2, 0) is 33.8 Å². The normalized spacial score (nSPS) is 25.0. The number of aryl methyl sites for hydroxylation is 1. The van der Waals surface area contributed by atoms with Crippen molar-refractivity contribution in [2.75, 3.05) is 26.3 Å². The summed E-state index contributed by atoms with van der Waals surface area (Å²) < 4.78 is 14.3. The Labute approximate surface area is 146 Å². The van der Waals surface area contributed by atoms with Crippen molar-refractivity contribution in [2.45, 2.75) is 57.9 Å². The van der Waals surface area contributed by atoms with Crippen LogP contribution in [0.25, 0.3) is 0 Å². The van der Waals surface area contributed by atoms with Crippen molar-refractivity contribution in [1.29, 1.82) is 0 Å². The monoisotopic (exact) mass is 350 g/mol. The summed E-state index contributed by atoms with van der Waals surface area (Å²) in [5, 5.41) is 4.41. The van der Waals surface area contributed by atoms with Gasteiger partial charge in [-0.15, -0.1) is 0 Å². The van der Waals surface area contributed by atoms with E-state index >= 15 is 0 Å². The molecule has 25 heavy (non-hydrogen) atoms. The molecule has 3 aliphatic heterocycles. The van der Waals surface area contributed by atoms with Gasteiger partial charge in [0.25, 0.3) is 0 Å². The summed E-state index contributed by atoms with van der Waals surface area (Å²) in [6, 6.07) is 0. The Bertz CT molecular complexity index is 677. The molecule has 1 aromatic heterocycles. The fourth-order valence-electron chi connectivity index (χ4n) is 4.06. The zero-order chi connectivity index (χ0) is 17.2. The largest absolute Gasteiger partial charge is 0.350 e. The fraction of sp³-hybridized carbons (Fsp3) is 0.824. The molecule has 1 amide bonds. The Morgan fingerprint density at radius 1 is 1.12 bits per heavy atom. The number of amides is 1. The highest BCUT2D eigenvalue weighted by molar-refractivity contribution is 5.76. The zero-order valence-electron chi connectivity index (χ0n) is 14.6. The van der Waals surface area contributed by atoms with E-state index in [-0.39, 0.29) is 30.3 Å². The number of rotatable bonds is 3. The van der Waals surface area contributed by atoms with Gasteiger partial charge in [0, 0.05) is 32.0 Å². The van der Waals surface area contributed by atoms with Gasteiger partial charge in [0.1, 0.15) is 12.4 Å². The van der Waals surface area contributed by atoms with Crippen molar-refractivity contribution < 1.29 is 14.3 Å². The van der Waals surface area contributed by atoms with E-state index in [1.54, 1.807) is 4.57 Å². The number of hydrogen-bond donors (Lipinski definition) is 0. The smallest absolute Gasteiger partial charge is 0.346 e. The van der Waals surface area contributed by atoms with Crippen LogP contribution in [-0.4, -0.2) is 57.7 Å². The minimum atomic E-state index is -0.193. The quantitative estimate of drug-likeness (QED) is 0.788. The lowest BCUT2D eigenvalue weighted by molar-refractivity contribution is -0.140. The first kappa shape index (κ1) is 16.8. The van der Waals surface area contributed by atoms with E-state index in [2.05, 4.69) is 5.10 Å². The van der Waals surface area contributed by atoms with Gasteiger partial charge in [0.15, 0.2) is 6.29 Å². The lowest BCUT2D eigenvalue weighted by atomic mass is 9.97. The minimum Gasteiger partial charge on any atom is -0.350 e. The summed E-state index contributed by atoms with van der Waals surface area (Å²) in [5.41, 5.74) is -0.152. The second kappa shape index (κ2) is 7.29. The number of hydrogen-bond acceptors (Lipinski definition) is 5. The van der Waals surface area contributed by atoms with Crippen LogP contribution in [0.4, 0.5) is 0 Å². The molecule has 8 nitrogen and oxygen atoms in total. The number of fused-ring (bicyclic) bond motifs is 1. The molecule has 0 radical (unpaired) electrons. The van der Waals surface area contributed by atoms with E-state index in [9.17, 15) is 9.59 Å². The maximum Gasteiger partial charge on any atom is 0.346 e. The Balaban J connectivity index is 1.42. The molecule has 1 aromatic rings. The molecule has 0 spiro atoms. The van der Waals surface area contributed by atoms with Crippen LogP contribution in [0.5, 0.6) is 0 Å². The summed E-state index contributed by atoms with van der Waals surface area (Å²) in [5.74, 6) is 0.994. The molecule has 1 atom stereocenters. The number of piperidine rings is 1. The first-order valence-corrected chi connectivity index (χ1v) is 9.40. The van der Waals surface area contributed by atoms with Gasteiger partial charge in [0.2, 0.25) is 5.91 Å². The van der Waals surface area contributed by atoms with Gasteiger partial charge < -0.3 is 14.4 Å². The van der Waals surface area contributed by atoms with Crippen molar-refractivity contribution in [3.05, 3.63) is 16.3 Å². The van der Waals surface area contributed by atoms with Crippen molar-refractivity contribution in [3.63, 3.8) is 0 Å². The highest BCUT2D eigenvalue weighted by Crippen LogP contribution is 2.25. The highest BCUT2D eigenvalue weighted by atomic mass is 16.7. The average Bonchev–Trinajstić information content (AvgIpc) is 3.19. The molecule has 138 valence electrons. The minimum absolute atomic E-state index is 0.0257. The van der Waals surface area contributed by atoms with E-state index in [0.29, 0.717) is 26.3 Å². The molecule has 2 saturated heterocycles. The molecule has 0 aromatic carbocycles.